The normalized spacial score (nSPS) is 12.3. The molecule has 1 unspecified atom stereocenters. The molecule has 0 aliphatic carbocycles. The van der Waals surface area contributed by atoms with Crippen LogP contribution in [0.4, 0.5) is 5.69 Å². The Balaban J connectivity index is 2.70. The minimum atomic E-state index is 0.0353. The van der Waals surface area contributed by atoms with Crippen LogP contribution in [0.1, 0.15) is 24.5 Å². The van der Waals surface area contributed by atoms with Crippen LogP contribution >= 0.6 is 15.9 Å². The van der Waals surface area contributed by atoms with E-state index in [0.29, 0.717) is 13.0 Å². The molecule has 0 aromatic heterocycles. The number of hydrogen-bond donors (Lipinski definition) is 1. The highest BCUT2D eigenvalue weighted by Crippen LogP contribution is 2.25. The number of aryl methyl sites for hydroxylation is 2. The second kappa shape index (κ2) is 6.90. The largest absolute Gasteiger partial charge is 0.384 e. The number of nitrogens with one attached hydrogen (secondary N) is 1. The molecule has 0 fully saturated rings. The minimum absolute atomic E-state index is 0.0353. The molecule has 1 amide bonds. The molecule has 1 aromatic carbocycles. The predicted octanol–water partition coefficient (Wildman–Crippen LogP) is 3.68. The topological polar surface area (TPSA) is 38.3 Å². The summed E-state index contributed by atoms with van der Waals surface area (Å²) in [5.41, 5.74) is 3.04. The van der Waals surface area contributed by atoms with Crippen molar-refractivity contribution in [2.24, 2.45) is 5.92 Å². The van der Waals surface area contributed by atoms with Crippen LogP contribution in [-0.2, 0) is 9.53 Å². The average molecular weight is 314 g/mol. The molecule has 100 valence electrons. The fourth-order valence-electron chi connectivity index (χ4n) is 1.96. The maximum atomic E-state index is 11.9. The van der Waals surface area contributed by atoms with Gasteiger partial charge in [0.1, 0.15) is 0 Å². The molecule has 1 aromatic rings. The van der Waals surface area contributed by atoms with Crippen molar-refractivity contribution >= 4 is 27.5 Å². The van der Waals surface area contributed by atoms with Crippen LogP contribution in [0.5, 0.6) is 0 Å². The monoisotopic (exact) mass is 313 g/mol. The van der Waals surface area contributed by atoms with Crippen LogP contribution < -0.4 is 5.32 Å². The summed E-state index contributed by atoms with van der Waals surface area (Å²) in [6, 6.07) is 4.00. The number of anilines is 1. The molecule has 0 saturated carbocycles. The smallest absolute Gasteiger partial charge is 0.224 e. The summed E-state index contributed by atoms with van der Waals surface area (Å²) in [5.74, 6) is 0.263. The van der Waals surface area contributed by atoms with Crippen LogP contribution in [0.2, 0.25) is 0 Å². The van der Waals surface area contributed by atoms with Gasteiger partial charge in [-0.15, -0.1) is 0 Å². The van der Waals surface area contributed by atoms with Crippen molar-refractivity contribution in [3.8, 4) is 0 Å². The van der Waals surface area contributed by atoms with Gasteiger partial charge in [-0.3, -0.25) is 4.79 Å². The molecule has 3 nitrogen and oxygen atoms in total. The highest BCUT2D eigenvalue weighted by atomic mass is 79.9. The third-order valence-corrected chi connectivity index (χ3v) is 3.20. The van der Waals surface area contributed by atoms with Crippen molar-refractivity contribution in [2.45, 2.75) is 27.2 Å². The molecule has 0 spiro atoms. The quantitative estimate of drug-likeness (QED) is 0.900. The highest BCUT2D eigenvalue weighted by molar-refractivity contribution is 9.10. The van der Waals surface area contributed by atoms with E-state index < -0.39 is 0 Å². The van der Waals surface area contributed by atoms with E-state index in [1.807, 2.05) is 32.9 Å². The molecular weight excluding hydrogens is 294 g/mol. The van der Waals surface area contributed by atoms with Crippen molar-refractivity contribution in [3.63, 3.8) is 0 Å². The lowest BCUT2D eigenvalue weighted by Gasteiger charge is -2.14. The second-order valence-corrected chi connectivity index (χ2v) is 5.64. The fraction of sp³-hybridized carbons (Fsp3) is 0.500. The van der Waals surface area contributed by atoms with E-state index in [2.05, 4.69) is 21.2 Å². The number of rotatable bonds is 5. The molecule has 0 bridgehead atoms. The second-order valence-electron chi connectivity index (χ2n) is 4.73. The van der Waals surface area contributed by atoms with Crippen molar-refractivity contribution in [1.82, 2.24) is 0 Å². The summed E-state index contributed by atoms with van der Waals surface area (Å²) in [5, 5.41) is 2.98. The summed E-state index contributed by atoms with van der Waals surface area (Å²) >= 11 is 3.44. The van der Waals surface area contributed by atoms with Gasteiger partial charge < -0.3 is 10.1 Å². The van der Waals surface area contributed by atoms with E-state index >= 15 is 0 Å². The predicted molar refractivity (Wildman–Crippen MR) is 77.9 cm³/mol. The van der Waals surface area contributed by atoms with Crippen LogP contribution in [0.25, 0.3) is 0 Å². The molecule has 18 heavy (non-hydrogen) atoms. The SMILES string of the molecule is COCC(C)CC(=O)Nc1c(C)cc(Br)cc1C. The number of amides is 1. The van der Waals surface area contributed by atoms with Gasteiger partial charge in [0.15, 0.2) is 0 Å². The van der Waals surface area contributed by atoms with Crippen LogP contribution in [0, 0.1) is 19.8 Å². The zero-order valence-corrected chi connectivity index (χ0v) is 12.9. The first-order chi connectivity index (χ1) is 8.43. The molecule has 0 aliphatic heterocycles. The summed E-state index contributed by atoms with van der Waals surface area (Å²) < 4.78 is 6.06. The van der Waals surface area contributed by atoms with Gasteiger partial charge in [0, 0.05) is 30.3 Å². The molecule has 0 heterocycles. The molecule has 4 heteroatoms. The highest BCUT2D eigenvalue weighted by Gasteiger charge is 2.12. The zero-order chi connectivity index (χ0) is 13.7. The minimum Gasteiger partial charge on any atom is -0.384 e. The lowest BCUT2D eigenvalue weighted by Crippen LogP contribution is -2.18. The van der Waals surface area contributed by atoms with Gasteiger partial charge in [0.05, 0.1) is 0 Å². The zero-order valence-electron chi connectivity index (χ0n) is 11.3. The maximum absolute atomic E-state index is 11.9. The lowest BCUT2D eigenvalue weighted by atomic mass is 10.1. The summed E-state index contributed by atoms with van der Waals surface area (Å²) in [4.78, 5) is 11.9. The Kier molecular flexibility index (Phi) is 5.82. The van der Waals surface area contributed by atoms with E-state index in [1.165, 1.54) is 0 Å². The van der Waals surface area contributed by atoms with E-state index in [-0.39, 0.29) is 11.8 Å². The molecule has 0 aliphatic rings. The molecule has 1 atom stereocenters. The van der Waals surface area contributed by atoms with Gasteiger partial charge in [-0.05, 0) is 43.0 Å². The number of methoxy groups -OCH3 is 1. The molecule has 1 rings (SSSR count). The van der Waals surface area contributed by atoms with E-state index in [0.717, 1.165) is 21.3 Å². The summed E-state index contributed by atoms with van der Waals surface area (Å²) in [6.07, 6.45) is 0.475. The standard InChI is InChI=1S/C14H20BrNO2/c1-9(8-18-4)5-13(17)16-14-10(2)6-12(15)7-11(14)3/h6-7,9H,5,8H2,1-4H3,(H,16,17). The lowest BCUT2D eigenvalue weighted by molar-refractivity contribution is -0.117. The third kappa shape index (κ3) is 4.42. The Morgan fingerprint density at radius 2 is 1.94 bits per heavy atom. The Labute approximate surface area is 117 Å². The first-order valence-corrected chi connectivity index (χ1v) is 6.79. The number of carbonyl (C=O) groups excluding carboxylic acids is 1. The van der Waals surface area contributed by atoms with Crippen molar-refractivity contribution in [1.29, 1.82) is 0 Å². The van der Waals surface area contributed by atoms with Crippen LogP contribution in [0.3, 0.4) is 0 Å². The maximum Gasteiger partial charge on any atom is 0.224 e. The van der Waals surface area contributed by atoms with Gasteiger partial charge in [0.2, 0.25) is 5.91 Å². The van der Waals surface area contributed by atoms with Crippen LogP contribution in [-0.4, -0.2) is 19.6 Å². The molecule has 0 saturated heterocycles. The Hall–Kier alpha value is -0.870. The average Bonchev–Trinajstić information content (AvgIpc) is 2.23. The van der Waals surface area contributed by atoms with Gasteiger partial charge in [-0.1, -0.05) is 22.9 Å². The number of hydrogen-bond acceptors (Lipinski definition) is 2. The number of ether oxygens (including phenoxy) is 1. The van der Waals surface area contributed by atoms with Gasteiger partial charge in [0.25, 0.3) is 0 Å². The number of carbonyl (C=O) groups is 1. The fourth-order valence-corrected chi connectivity index (χ4v) is 2.64. The van der Waals surface area contributed by atoms with Crippen LogP contribution in [0.15, 0.2) is 16.6 Å². The van der Waals surface area contributed by atoms with Crippen molar-refractivity contribution in [2.75, 3.05) is 19.0 Å². The molecular formula is C14H20BrNO2. The van der Waals surface area contributed by atoms with Crippen molar-refractivity contribution < 1.29 is 9.53 Å². The summed E-state index contributed by atoms with van der Waals surface area (Å²) in [7, 11) is 1.65. The third-order valence-electron chi connectivity index (χ3n) is 2.75. The van der Waals surface area contributed by atoms with Gasteiger partial charge in [-0.25, -0.2) is 0 Å². The first kappa shape index (κ1) is 15.2. The Morgan fingerprint density at radius 1 is 1.39 bits per heavy atom. The van der Waals surface area contributed by atoms with E-state index in [9.17, 15) is 4.79 Å². The van der Waals surface area contributed by atoms with Gasteiger partial charge in [-0.2, -0.15) is 0 Å². The number of benzene rings is 1. The first-order valence-electron chi connectivity index (χ1n) is 5.99. The van der Waals surface area contributed by atoms with E-state index in [1.54, 1.807) is 7.11 Å². The molecule has 1 N–H and O–H groups in total. The number of halogens is 1. The van der Waals surface area contributed by atoms with Crippen molar-refractivity contribution in [3.05, 3.63) is 27.7 Å². The summed E-state index contributed by atoms with van der Waals surface area (Å²) in [6.45, 7) is 6.59. The Morgan fingerprint density at radius 3 is 2.44 bits per heavy atom. The molecule has 0 radical (unpaired) electrons. The van der Waals surface area contributed by atoms with Gasteiger partial charge >= 0.3 is 0 Å². The Bertz CT molecular complexity index is 409. The van der Waals surface area contributed by atoms with E-state index in [4.69, 9.17) is 4.74 Å².